The van der Waals surface area contributed by atoms with Crippen LogP contribution in [0, 0.1) is 0 Å². The van der Waals surface area contributed by atoms with Crippen LogP contribution in [0.1, 0.15) is 72.5 Å². The van der Waals surface area contributed by atoms with Gasteiger partial charge in [-0.05, 0) is 84.9 Å². The first kappa shape index (κ1) is 77.3. The third-order valence-electron chi connectivity index (χ3n) is 7.15. The summed E-state index contributed by atoms with van der Waals surface area (Å²) in [5, 5.41) is 58.7. The Hall–Kier alpha value is -3.17. The van der Waals surface area contributed by atoms with Crippen molar-refractivity contribution in [3.8, 4) is 0 Å². The van der Waals surface area contributed by atoms with Crippen molar-refractivity contribution < 1.29 is 69.3 Å². The molecule has 0 aliphatic rings. The van der Waals surface area contributed by atoms with Crippen LogP contribution in [0.2, 0.25) is 0 Å². The molecule has 0 radical (unpaired) electrons. The maximum atomic E-state index is 10.2. The second kappa shape index (κ2) is 48.5. The van der Waals surface area contributed by atoms with Gasteiger partial charge in [0.1, 0.15) is 0 Å². The molecule has 69 heavy (non-hydrogen) atoms. The van der Waals surface area contributed by atoms with E-state index in [2.05, 4.69) is 0 Å². The number of hydrogen-bond donors (Lipinski definition) is 7. The van der Waals surface area contributed by atoms with E-state index in [0.29, 0.717) is 38.9 Å². The van der Waals surface area contributed by atoms with Gasteiger partial charge < -0.3 is 35.7 Å². The number of carboxylic acids is 7. The van der Waals surface area contributed by atoms with Gasteiger partial charge in [-0.15, -0.1) is 0 Å². The van der Waals surface area contributed by atoms with Crippen LogP contribution in [0.5, 0.6) is 0 Å². The Morgan fingerprint density at radius 2 is 0.246 bits per heavy atom. The quantitative estimate of drug-likeness (QED) is 0.0932. The monoisotopic (exact) mass is 998 g/mol. The average molecular weight is 999 g/mol. The topological polar surface area (TPSA) is 261 Å². The van der Waals surface area contributed by atoms with Gasteiger partial charge in [0.15, 0.2) is 0 Å². The Labute approximate surface area is 532 Å². The first-order valence-electron chi connectivity index (χ1n) is 18.1. The normalized spacial score (nSPS) is 8.12. The molecule has 0 saturated carbocycles. The van der Waals surface area contributed by atoms with Gasteiger partial charge in [0.05, 0.1) is 38.9 Å². The zero-order valence-electron chi connectivity index (χ0n) is 33.2. The summed E-state index contributed by atoms with van der Waals surface area (Å²) in [7, 11) is 0. The first-order valence-corrected chi connectivity index (χ1v) is 18.1. The Morgan fingerprint density at radius 3 is 0.290 bits per heavy atom. The van der Waals surface area contributed by atoms with Gasteiger partial charge in [-0.25, -0.2) is 33.6 Å². The van der Waals surface area contributed by atoms with Crippen LogP contribution in [0.25, 0.3) is 0 Å². The summed E-state index contributed by atoms with van der Waals surface area (Å²) in [6.45, 7) is 0. The molecule has 7 N–H and O–H groups in total. The fraction of sp³-hybridized carbons (Fsp3) is 0. The fourth-order valence-electron chi connectivity index (χ4n) is 4.07. The van der Waals surface area contributed by atoms with E-state index in [1.165, 1.54) is 0 Å². The molecule has 0 aliphatic carbocycles. The summed E-state index contributed by atoms with van der Waals surface area (Å²) in [5.74, 6) is -6.15. The zero-order valence-corrected chi connectivity index (χ0v) is 33.2. The van der Waals surface area contributed by atoms with Gasteiger partial charge in [-0.2, -0.15) is 0 Å². The summed E-state index contributed by atoms with van der Waals surface area (Å²) < 4.78 is 0. The van der Waals surface area contributed by atoms with E-state index in [0.717, 1.165) is 0 Å². The Kier molecular flexibility index (Phi) is 54.3. The van der Waals surface area contributed by atoms with Crippen molar-refractivity contribution in [3.63, 3.8) is 0 Å². The van der Waals surface area contributed by atoms with Crippen LogP contribution in [0.3, 0.4) is 0 Å². The molecule has 14 nitrogen and oxygen atoms in total. The number of rotatable bonds is 7. The van der Waals surface area contributed by atoms with Gasteiger partial charge in [-0.1, -0.05) is 127 Å². The van der Waals surface area contributed by atoms with E-state index >= 15 is 0 Å². The van der Waals surface area contributed by atoms with Crippen LogP contribution in [-0.2, 0) is 0 Å². The molecule has 20 heteroatoms. The van der Waals surface area contributed by atoms with Gasteiger partial charge in [-0.3, -0.25) is 0 Å². The molecule has 0 unspecified atom stereocenters. The van der Waals surface area contributed by atoms with E-state index in [-0.39, 0.29) is 177 Å². The third-order valence-corrected chi connectivity index (χ3v) is 7.15. The van der Waals surface area contributed by atoms with Gasteiger partial charge >= 0.3 is 219 Å². The molecule has 7 aromatic rings. The van der Waals surface area contributed by atoms with E-state index in [4.69, 9.17) is 35.7 Å². The molecular weight excluding hydrogens is 950 g/mol. The fourth-order valence-corrected chi connectivity index (χ4v) is 4.07. The molecule has 7 rings (SSSR count). The number of aromatic carboxylic acids is 7. The zero-order chi connectivity index (χ0) is 46.8. The van der Waals surface area contributed by atoms with Crippen LogP contribution in [-0.4, -0.2) is 255 Å². The standard InChI is InChI=1S/7C7H6O2.6Na.6H/c7*8-7(9)6-4-2-1-3-5-6;;;;;;;;;;;;/h7*1-5H,(H,8,9);;;;;;;;;;;;. The van der Waals surface area contributed by atoms with E-state index in [9.17, 15) is 33.6 Å². The molecule has 0 bridgehead atoms. The summed E-state index contributed by atoms with van der Waals surface area (Å²) in [6, 6.07) is 58.1. The van der Waals surface area contributed by atoms with Crippen LogP contribution < -0.4 is 0 Å². The molecular formula is C49H48Na6O14. The van der Waals surface area contributed by atoms with E-state index in [1.54, 1.807) is 212 Å². The van der Waals surface area contributed by atoms with Crippen molar-refractivity contribution >= 4 is 219 Å². The molecule has 0 spiro atoms. The number of carboxylic acid groups (broad SMARTS) is 7. The molecule has 0 amide bonds. The number of carbonyl (C=O) groups is 7. The maximum absolute atomic E-state index is 10.2. The summed E-state index contributed by atoms with van der Waals surface area (Å²) in [6.07, 6.45) is 0. The van der Waals surface area contributed by atoms with Gasteiger partial charge in [0.25, 0.3) is 0 Å². The van der Waals surface area contributed by atoms with Crippen molar-refractivity contribution in [2.45, 2.75) is 0 Å². The minimum absolute atomic E-state index is 0. The van der Waals surface area contributed by atoms with Crippen LogP contribution in [0.15, 0.2) is 212 Å². The summed E-state index contributed by atoms with van der Waals surface area (Å²) in [4.78, 5) is 71.4. The predicted molar refractivity (Wildman–Crippen MR) is 277 cm³/mol. The SMILES string of the molecule is O=C(O)c1ccccc1.O=C(O)c1ccccc1.O=C(O)c1ccccc1.O=C(O)c1ccccc1.O=C(O)c1ccccc1.O=C(O)c1ccccc1.O=C(O)c1ccccc1.[NaH].[NaH].[NaH].[NaH].[NaH].[NaH]. The summed E-state index contributed by atoms with van der Waals surface area (Å²) >= 11 is 0. The van der Waals surface area contributed by atoms with Crippen molar-refractivity contribution in [2.75, 3.05) is 0 Å². The first-order chi connectivity index (χ1) is 30.1. The van der Waals surface area contributed by atoms with Crippen molar-refractivity contribution in [2.24, 2.45) is 0 Å². The Morgan fingerprint density at radius 1 is 0.174 bits per heavy atom. The predicted octanol–water partition coefficient (Wildman–Crippen LogP) is 5.80. The molecule has 0 atom stereocenters. The number of hydrogen-bond acceptors (Lipinski definition) is 7. The molecule has 0 heterocycles. The number of benzene rings is 7. The summed E-state index contributed by atoms with van der Waals surface area (Å²) in [5.41, 5.74) is 2.32. The second-order valence-electron chi connectivity index (χ2n) is 11.7. The second-order valence-corrected chi connectivity index (χ2v) is 11.7. The molecule has 7 aromatic carbocycles. The molecule has 0 fully saturated rings. The van der Waals surface area contributed by atoms with E-state index < -0.39 is 41.8 Å². The molecule has 0 aliphatic heterocycles. The van der Waals surface area contributed by atoms with Crippen molar-refractivity contribution in [3.05, 3.63) is 251 Å². The minimum atomic E-state index is -0.879. The van der Waals surface area contributed by atoms with Gasteiger partial charge in [0.2, 0.25) is 0 Å². The molecule has 0 saturated heterocycles. The Bertz CT molecular complexity index is 1940. The average Bonchev–Trinajstić information content (AvgIpc) is 3.32. The third kappa shape index (κ3) is 39.2. The van der Waals surface area contributed by atoms with Crippen LogP contribution >= 0.6 is 0 Å². The van der Waals surface area contributed by atoms with Crippen molar-refractivity contribution in [1.82, 2.24) is 0 Å². The molecule has 334 valence electrons. The van der Waals surface area contributed by atoms with E-state index in [1.807, 2.05) is 0 Å². The van der Waals surface area contributed by atoms with Crippen LogP contribution in [0.4, 0.5) is 0 Å². The molecule has 0 aromatic heterocycles. The van der Waals surface area contributed by atoms with Gasteiger partial charge in [0, 0.05) is 0 Å². The Balaban J connectivity index is -0.000000165. The van der Waals surface area contributed by atoms with Crippen molar-refractivity contribution in [1.29, 1.82) is 0 Å².